The van der Waals surface area contributed by atoms with Crippen molar-refractivity contribution in [2.45, 2.75) is 33.6 Å². The summed E-state index contributed by atoms with van der Waals surface area (Å²) in [6.07, 6.45) is 0.607. The fourth-order valence-electron chi connectivity index (χ4n) is 2.15. The highest BCUT2D eigenvalue weighted by Gasteiger charge is 2.12. The Morgan fingerprint density at radius 1 is 1.37 bits per heavy atom. The zero-order valence-corrected chi connectivity index (χ0v) is 12.0. The summed E-state index contributed by atoms with van der Waals surface area (Å²) in [5.41, 5.74) is 4.61. The fourth-order valence-corrected chi connectivity index (χ4v) is 2.15. The van der Waals surface area contributed by atoms with E-state index in [-0.39, 0.29) is 12.3 Å². The molecular formula is C15H20N2O2. The Morgan fingerprint density at radius 2 is 2.05 bits per heavy atom. The van der Waals surface area contributed by atoms with Gasteiger partial charge in [0.05, 0.1) is 13.2 Å². The SMILES string of the molecule is COc1c(C)c(C)cc(C)c1CCNC(=O)CC#N. The molecular weight excluding hydrogens is 240 g/mol. The number of hydrogen-bond donors (Lipinski definition) is 1. The number of hydrogen-bond acceptors (Lipinski definition) is 3. The van der Waals surface area contributed by atoms with Crippen molar-refractivity contribution in [1.82, 2.24) is 5.32 Å². The van der Waals surface area contributed by atoms with E-state index in [1.807, 2.05) is 19.9 Å². The summed E-state index contributed by atoms with van der Waals surface area (Å²) in [5.74, 6) is 0.662. The molecule has 0 aromatic heterocycles. The maximum Gasteiger partial charge on any atom is 0.234 e. The van der Waals surface area contributed by atoms with Gasteiger partial charge in [-0.3, -0.25) is 4.79 Å². The van der Waals surface area contributed by atoms with Crippen LogP contribution in [0, 0.1) is 32.1 Å². The molecule has 1 N–H and O–H groups in total. The molecule has 1 amide bonds. The number of carbonyl (C=O) groups is 1. The molecule has 4 heteroatoms. The lowest BCUT2D eigenvalue weighted by molar-refractivity contribution is -0.120. The van der Waals surface area contributed by atoms with Gasteiger partial charge in [0.15, 0.2) is 0 Å². The normalized spacial score (nSPS) is 9.84. The molecule has 0 aliphatic carbocycles. The standard InChI is InChI=1S/C15H20N2O2/c1-10-9-11(2)13(15(19-4)12(10)3)6-8-17-14(18)5-7-16/h9H,5-6,8H2,1-4H3,(H,17,18). The van der Waals surface area contributed by atoms with E-state index in [0.29, 0.717) is 13.0 Å². The number of aryl methyl sites for hydroxylation is 2. The Bertz CT molecular complexity index is 516. The first kappa shape index (κ1) is 15.0. The average Bonchev–Trinajstić information content (AvgIpc) is 2.36. The van der Waals surface area contributed by atoms with Crippen molar-refractivity contribution in [2.75, 3.05) is 13.7 Å². The molecule has 0 saturated carbocycles. The number of rotatable bonds is 5. The fraction of sp³-hybridized carbons (Fsp3) is 0.467. The van der Waals surface area contributed by atoms with Crippen LogP contribution in [0.15, 0.2) is 6.07 Å². The number of carbonyl (C=O) groups excluding carboxylic acids is 1. The van der Waals surface area contributed by atoms with E-state index in [0.717, 1.165) is 22.4 Å². The number of amides is 1. The van der Waals surface area contributed by atoms with Gasteiger partial charge in [-0.2, -0.15) is 5.26 Å². The Balaban J connectivity index is 2.81. The van der Waals surface area contributed by atoms with Gasteiger partial charge in [0.25, 0.3) is 0 Å². The van der Waals surface area contributed by atoms with Gasteiger partial charge in [-0.15, -0.1) is 0 Å². The lowest BCUT2D eigenvalue weighted by atomic mass is 9.97. The van der Waals surface area contributed by atoms with Gasteiger partial charge < -0.3 is 10.1 Å². The van der Waals surface area contributed by atoms with Gasteiger partial charge in [0.2, 0.25) is 5.91 Å². The molecule has 0 aliphatic rings. The predicted octanol–water partition coefficient (Wildman–Crippen LogP) is 2.19. The van der Waals surface area contributed by atoms with E-state index in [2.05, 4.69) is 18.3 Å². The Morgan fingerprint density at radius 3 is 2.63 bits per heavy atom. The maximum atomic E-state index is 11.2. The minimum absolute atomic E-state index is 0.0942. The molecule has 0 radical (unpaired) electrons. The third-order valence-corrected chi connectivity index (χ3v) is 3.26. The van der Waals surface area contributed by atoms with Crippen molar-refractivity contribution in [2.24, 2.45) is 0 Å². The van der Waals surface area contributed by atoms with Crippen LogP contribution in [0.1, 0.15) is 28.7 Å². The first-order valence-electron chi connectivity index (χ1n) is 6.28. The highest BCUT2D eigenvalue weighted by atomic mass is 16.5. The van der Waals surface area contributed by atoms with Gasteiger partial charge in [0, 0.05) is 6.54 Å². The van der Waals surface area contributed by atoms with E-state index >= 15 is 0 Å². The van der Waals surface area contributed by atoms with E-state index in [9.17, 15) is 4.79 Å². The molecule has 4 nitrogen and oxygen atoms in total. The molecule has 0 aliphatic heterocycles. The Labute approximate surface area is 114 Å². The van der Waals surface area contributed by atoms with Crippen LogP contribution in [0.3, 0.4) is 0 Å². The summed E-state index contributed by atoms with van der Waals surface area (Å²) in [6, 6.07) is 3.96. The molecule has 0 heterocycles. The second-order valence-electron chi connectivity index (χ2n) is 4.58. The Kier molecular flexibility index (Phi) is 5.37. The number of nitriles is 1. The highest BCUT2D eigenvalue weighted by molar-refractivity contribution is 5.77. The smallest absolute Gasteiger partial charge is 0.234 e. The number of benzene rings is 1. The topological polar surface area (TPSA) is 62.1 Å². The molecule has 0 bridgehead atoms. The second-order valence-corrected chi connectivity index (χ2v) is 4.58. The summed E-state index contributed by atoms with van der Waals surface area (Å²) < 4.78 is 5.48. The van der Waals surface area contributed by atoms with Crippen LogP contribution in [-0.4, -0.2) is 19.6 Å². The Hall–Kier alpha value is -2.02. The number of nitrogens with zero attached hydrogens (tertiary/aromatic N) is 1. The van der Waals surface area contributed by atoms with Crippen molar-refractivity contribution in [1.29, 1.82) is 5.26 Å². The van der Waals surface area contributed by atoms with Gasteiger partial charge >= 0.3 is 0 Å². The lowest BCUT2D eigenvalue weighted by Gasteiger charge is -2.16. The zero-order chi connectivity index (χ0) is 14.4. The summed E-state index contributed by atoms with van der Waals surface area (Å²) >= 11 is 0. The molecule has 1 rings (SSSR count). The van der Waals surface area contributed by atoms with E-state index < -0.39 is 0 Å². The van der Waals surface area contributed by atoms with E-state index in [4.69, 9.17) is 10.00 Å². The molecule has 102 valence electrons. The van der Waals surface area contributed by atoms with Crippen molar-refractivity contribution >= 4 is 5.91 Å². The van der Waals surface area contributed by atoms with Crippen LogP contribution in [0.5, 0.6) is 5.75 Å². The number of methoxy groups -OCH3 is 1. The number of ether oxygens (including phenoxy) is 1. The van der Waals surface area contributed by atoms with Crippen LogP contribution in [-0.2, 0) is 11.2 Å². The minimum Gasteiger partial charge on any atom is -0.496 e. The van der Waals surface area contributed by atoms with E-state index in [1.165, 1.54) is 5.56 Å². The monoisotopic (exact) mass is 260 g/mol. The number of nitrogens with one attached hydrogen (secondary N) is 1. The van der Waals surface area contributed by atoms with Crippen molar-refractivity contribution < 1.29 is 9.53 Å². The van der Waals surface area contributed by atoms with Crippen LogP contribution < -0.4 is 10.1 Å². The second kappa shape index (κ2) is 6.79. The average molecular weight is 260 g/mol. The predicted molar refractivity (Wildman–Crippen MR) is 74.1 cm³/mol. The van der Waals surface area contributed by atoms with E-state index in [1.54, 1.807) is 7.11 Å². The third-order valence-electron chi connectivity index (χ3n) is 3.26. The van der Waals surface area contributed by atoms with Crippen LogP contribution >= 0.6 is 0 Å². The van der Waals surface area contributed by atoms with Gasteiger partial charge in [-0.1, -0.05) is 6.07 Å². The van der Waals surface area contributed by atoms with Crippen LogP contribution in [0.4, 0.5) is 0 Å². The molecule has 19 heavy (non-hydrogen) atoms. The summed E-state index contributed by atoms with van der Waals surface area (Å²) in [4.78, 5) is 11.2. The van der Waals surface area contributed by atoms with Crippen LogP contribution in [0.2, 0.25) is 0 Å². The van der Waals surface area contributed by atoms with Crippen molar-refractivity contribution in [3.8, 4) is 11.8 Å². The van der Waals surface area contributed by atoms with Gasteiger partial charge in [-0.05, 0) is 49.4 Å². The third kappa shape index (κ3) is 3.72. The molecule has 0 saturated heterocycles. The molecule has 0 unspecified atom stereocenters. The zero-order valence-electron chi connectivity index (χ0n) is 12.0. The first-order valence-corrected chi connectivity index (χ1v) is 6.28. The van der Waals surface area contributed by atoms with Gasteiger partial charge in [0.1, 0.15) is 12.2 Å². The van der Waals surface area contributed by atoms with Gasteiger partial charge in [-0.25, -0.2) is 0 Å². The molecule has 0 fully saturated rings. The maximum absolute atomic E-state index is 11.2. The summed E-state index contributed by atoms with van der Waals surface area (Å²) in [5, 5.41) is 11.1. The first-order chi connectivity index (χ1) is 9.01. The van der Waals surface area contributed by atoms with Crippen molar-refractivity contribution in [3.05, 3.63) is 28.3 Å². The largest absolute Gasteiger partial charge is 0.496 e. The van der Waals surface area contributed by atoms with Crippen molar-refractivity contribution in [3.63, 3.8) is 0 Å². The lowest BCUT2D eigenvalue weighted by Crippen LogP contribution is -2.25. The quantitative estimate of drug-likeness (QED) is 0.882. The summed E-state index contributed by atoms with van der Waals surface area (Å²) in [6.45, 7) is 6.65. The minimum atomic E-state index is -0.233. The molecule has 1 aromatic carbocycles. The molecule has 0 atom stereocenters. The molecule has 0 spiro atoms. The highest BCUT2D eigenvalue weighted by Crippen LogP contribution is 2.29. The summed E-state index contributed by atoms with van der Waals surface area (Å²) in [7, 11) is 1.67. The van der Waals surface area contributed by atoms with Crippen LogP contribution in [0.25, 0.3) is 0 Å². The molecule has 1 aromatic rings.